The Morgan fingerprint density at radius 1 is 0.893 bits per heavy atom. The third-order valence-corrected chi connectivity index (χ3v) is 10.0. The number of esters is 2. The zero-order valence-corrected chi connectivity index (χ0v) is 18.7. The van der Waals surface area contributed by atoms with Crippen molar-refractivity contribution in [3.8, 4) is 0 Å². The van der Waals surface area contributed by atoms with Gasteiger partial charge in [0, 0.05) is 19.3 Å². The van der Waals surface area contributed by atoms with Gasteiger partial charge in [-0.05, 0) is 75.0 Å². The van der Waals surface area contributed by atoms with Crippen molar-refractivity contribution in [2.24, 2.45) is 29.1 Å². The Bertz CT molecular complexity index is 653. The first-order valence-corrected chi connectivity index (χ1v) is 11.7. The van der Waals surface area contributed by atoms with Crippen LogP contribution < -0.4 is 0 Å². The molecular formula is C22H33BrO5. The highest BCUT2D eigenvalue weighted by atomic mass is 79.9. The summed E-state index contributed by atoms with van der Waals surface area (Å²) in [5, 5.41) is 10.6. The van der Waals surface area contributed by atoms with Crippen molar-refractivity contribution >= 4 is 27.9 Å². The van der Waals surface area contributed by atoms with Crippen LogP contribution in [0.2, 0.25) is 0 Å². The quantitative estimate of drug-likeness (QED) is 0.502. The van der Waals surface area contributed by atoms with Crippen LogP contribution in [0.25, 0.3) is 0 Å². The van der Waals surface area contributed by atoms with E-state index in [9.17, 15) is 14.7 Å². The lowest BCUT2D eigenvalue weighted by Crippen LogP contribution is -2.62. The summed E-state index contributed by atoms with van der Waals surface area (Å²) in [6.45, 7) is 5.28. The third kappa shape index (κ3) is 3.13. The highest BCUT2D eigenvalue weighted by Gasteiger charge is 2.63. The van der Waals surface area contributed by atoms with E-state index in [2.05, 4.69) is 22.9 Å². The van der Waals surface area contributed by atoms with Crippen LogP contribution in [0.4, 0.5) is 0 Å². The Hall–Kier alpha value is -0.620. The Morgan fingerprint density at radius 3 is 2.18 bits per heavy atom. The lowest BCUT2D eigenvalue weighted by Gasteiger charge is -2.59. The zero-order chi connectivity index (χ0) is 20.3. The van der Waals surface area contributed by atoms with Crippen LogP contribution in [0, 0.1) is 29.1 Å². The van der Waals surface area contributed by atoms with Crippen LogP contribution in [-0.2, 0) is 19.1 Å². The molecular weight excluding hydrogens is 424 g/mol. The number of carbonyl (C=O) groups is 2. The standard InChI is InChI=1S/C22H33BrO5/c1-12(24)27-19-7-5-16-14-9-11-22(23)17(15(14)8-10-21(16,19)3)4-6-18(26)20(22)28-13(2)25/h14-20,26H,4-11H2,1-3H3/t14-,15+,16+,17-,18-,19+,20+,21+,22+/m1/s1. The molecule has 0 spiro atoms. The van der Waals surface area contributed by atoms with Gasteiger partial charge in [-0.15, -0.1) is 0 Å². The molecule has 0 aromatic carbocycles. The van der Waals surface area contributed by atoms with Crippen molar-refractivity contribution in [2.75, 3.05) is 0 Å². The van der Waals surface area contributed by atoms with Gasteiger partial charge in [0.05, 0.1) is 10.4 Å². The van der Waals surface area contributed by atoms with E-state index in [4.69, 9.17) is 9.47 Å². The fourth-order valence-corrected chi connectivity index (χ4v) is 8.69. The van der Waals surface area contributed by atoms with Crippen molar-refractivity contribution in [3.05, 3.63) is 0 Å². The van der Waals surface area contributed by atoms with E-state index in [1.165, 1.54) is 13.8 Å². The largest absolute Gasteiger partial charge is 0.462 e. The van der Waals surface area contributed by atoms with Crippen molar-refractivity contribution in [1.29, 1.82) is 0 Å². The molecule has 4 saturated carbocycles. The first-order valence-electron chi connectivity index (χ1n) is 10.9. The molecule has 5 nitrogen and oxygen atoms in total. The van der Waals surface area contributed by atoms with E-state index in [1.807, 2.05) is 0 Å². The maximum Gasteiger partial charge on any atom is 0.303 e. The van der Waals surface area contributed by atoms with Crippen LogP contribution in [-0.4, -0.2) is 39.7 Å². The molecule has 0 amide bonds. The molecule has 9 atom stereocenters. The zero-order valence-electron chi connectivity index (χ0n) is 17.2. The van der Waals surface area contributed by atoms with Crippen LogP contribution >= 0.6 is 15.9 Å². The molecule has 0 aromatic rings. The van der Waals surface area contributed by atoms with E-state index < -0.39 is 12.2 Å². The number of hydrogen-bond donors (Lipinski definition) is 1. The predicted molar refractivity (Wildman–Crippen MR) is 108 cm³/mol. The highest BCUT2D eigenvalue weighted by molar-refractivity contribution is 9.10. The molecule has 0 bridgehead atoms. The van der Waals surface area contributed by atoms with E-state index >= 15 is 0 Å². The molecule has 0 aliphatic heterocycles. The fraction of sp³-hybridized carbons (Fsp3) is 0.909. The minimum absolute atomic E-state index is 0.0496. The molecule has 0 saturated heterocycles. The summed E-state index contributed by atoms with van der Waals surface area (Å²) in [5.41, 5.74) is 0.0859. The van der Waals surface area contributed by atoms with Crippen LogP contribution in [0.3, 0.4) is 0 Å². The van der Waals surface area contributed by atoms with Gasteiger partial charge in [0.15, 0.2) is 0 Å². The van der Waals surface area contributed by atoms with Gasteiger partial charge in [-0.1, -0.05) is 22.9 Å². The number of alkyl halides is 1. The van der Waals surface area contributed by atoms with Crippen molar-refractivity contribution in [1.82, 2.24) is 0 Å². The summed E-state index contributed by atoms with van der Waals surface area (Å²) in [6, 6.07) is 0. The Morgan fingerprint density at radius 2 is 1.50 bits per heavy atom. The smallest absolute Gasteiger partial charge is 0.303 e. The average Bonchev–Trinajstić information content (AvgIpc) is 2.93. The second kappa shape index (κ2) is 7.26. The number of rotatable bonds is 2. The summed E-state index contributed by atoms with van der Waals surface area (Å²) in [4.78, 5) is 23.3. The Labute approximate surface area is 176 Å². The highest BCUT2D eigenvalue weighted by Crippen LogP contribution is 2.65. The maximum absolute atomic E-state index is 11.7. The van der Waals surface area contributed by atoms with Crippen LogP contribution in [0.5, 0.6) is 0 Å². The molecule has 1 N–H and O–H groups in total. The number of hydrogen-bond acceptors (Lipinski definition) is 5. The third-order valence-electron chi connectivity index (χ3n) is 8.60. The van der Waals surface area contributed by atoms with E-state index in [1.54, 1.807) is 0 Å². The molecule has 0 unspecified atom stereocenters. The molecule has 0 heterocycles. The maximum atomic E-state index is 11.7. The van der Waals surface area contributed by atoms with Crippen molar-refractivity contribution < 1.29 is 24.2 Å². The molecule has 0 radical (unpaired) electrons. The molecule has 6 heteroatoms. The molecule has 4 aliphatic carbocycles. The van der Waals surface area contributed by atoms with Gasteiger partial charge in [-0.25, -0.2) is 0 Å². The summed E-state index contributed by atoms with van der Waals surface area (Å²) >= 11 is 3.99. The Kier molecular flexibility index (Phi) is 5.35. The molecule has 158 valence electrons. The minimum atomic E-state index is -0.593. The number of aliphatic hydroxyl groups excluding tert-OH is 1. The normalized spacial score (nSPS) is 50.1. The lowest BCUT2D eigenvalue weighted by molar-refractivity contribution is -0.171. The number of fused-ring (bicyclic) bond motifs is 5. The predicted octanol–water partition coefficient (Wildman–Crippen LogP) is 3.99. The second-order valence-electron chi connectivity index (χ2n) is 9.90. The second-order valence-corrected chi connectivity index (χ2v) is 11.4. The number of halogens is 1. The van der Waals surface area contributed by atoms with Gasteiger partial charge >= 0.3 is 11.9 Å². The van der Waals surface area contributed by atoms with Crippen LogP contribution in [0.15, 0.2) is 0 Å². The SMILES string of the molecule is CC(=O)O[C@H]1CC[C@H]2[C@@H]3CC[C@]4(Br)[C@H](CC[C@@H](O)[C@@H]4OC(C)=O)[C@H]3CC[C@]12C. The average molecular weight is 457 g/mol. The summed E-state index contributed by atoms with van der Waals surface area (Å²) in [7, 11) is 0. The summed E-state index contributed by atoms with van der Waals surface area (Å²) in [5.74, 6) is 1.73. The first kappa shape index (κ1) is 20.6. The first-order chi connectivity index (χ1) is 13.2. The van der Waals surface area contributed by atoms with Crippen LogP contribution in [0.1, 0.15) is 72.1 Å². The van der Waals surface area contributed by atoms with E-state index in [-0.39, 0.29) is 27.8 Å². The topological polar surface area (TPSA) is 72.8 Å². The lowest BCUT2D eigenvalue weighted by atomic mass is 9.50. The van der Waals surface area contributed by atoms with Gasteiger partial charge < -0.3 is 14.6 Å². The molecule has 4 rings (SSSR count). The van der Waals surface area contributed by atoms with Crippen molar-refractivity contribution in [3.63, 3.8) is 0 Å². The molecule has 4 aliphatic rings. The van der Waals surface area contributed by atoms with Crippen molar-refractivity contribution in [2.45, 2.75) is 94.8 Å². The number of aliphatic hydroxyl groups is 1. The molecule has 4 fully saturated rings. The van der Waals surface area contributed by atoms with E-state index in [0.29, 0.717) is 30.1 Å². The van der Waals surface area contributed by atoms with Gasteiger partial charge in [-0.3, -0.25) is 9.59 Å². The van der Waals surface area contributed by atoms with Gasteiger partial charge in [0.2, 0.25) is 0 Å². The monoisotopic (exact) mass is 456 g/mol. The minimum Gasteiger partial charge on any atom is -0.462 e. The fourth-order valence-electron chi connectivity index (χ4n) is 7.49. The molecule has 0 aromatic heterocycles. The van der Waals surface area contributed by atoms with Gasteiger partial charge in [0.1, 0.15) is 12.2 Å². The Balaban J connectivity index is 1.57. The van der Waals surface area contributed by atoms with Gasteiger partial charge in [0.25, 0.3) is 0 Å². The number of ether oxygens (including phenoxy) is 2. The summed E-state index contributed by atoms with van der Waals surface area (Å²) in [6.07, 6.45) is 6.96. The van der Waals surface area contributed by atoms with E-state index in [0.717, 1.165) is 44.9 Å². The van der Waals surface area contributed by atoms with Gasteiger partial charge in [-0.2, -0.15) is 0 Å². The summed E-state index contributed by atoms with van der Waals surface area (Å²) < 4.78 is 11.0. The molecule has 28 heavy (non-hydrogen) atoms. The number of carbonyl (C=O) groups excluding carboxylic acids is 2.